The van der Waals surface area contributed by atoms with Gasteiger partial charge in [-0.2, -0.15) is 0 Å². The number of carbonyl (C=O) groups excluding carboxylic acids is 1. The molecule has 2 aromatic carbocycles. The molecular weight excluding hydrogens is 288 g/mol. The van der Waals surface area contributed by atoms with Crippen LogP contribution in [0.15, 0.2) is 60.7 Å². The molecule has 1 unspecified atom stereocenters. The van der Waals surface area contributed by atoms with E-state index in [4.69, 9.17) is 4.74 Å². The van der Waals surface area contributed by atoms with Crippen molar-refractivity contribution in [1.29, 1.82) is 0 Å². The number of rotatable bonds is 6. The zero-order chi connectivity index (χ0) is 16.0. The predicted octanol–water partition coefficient (Wildman–Crippen LogP) is 3.45. The average Bonchev–Trinajstić information content (AvgIpc) is 2.56. The van der Waals surface area contributed by atoms with Gasteiger partial charge in [0, 0.05) is 15.8 Å². The lowest BCUT2D eigenvalue weighted by molar-refractivity contribution is -0.155. The van der Waals surface area contributed by atoms with Gasteiger partial charge in [-0.15, -0.1) is 0 Å². The number of hydrogen-bond acceptors (Lipinski definition) is 2. The lowest BCUT2D eigenvalue weighted by Gasteiger charge is -2.32. The van der Waals surface area contributed by atoms with Crippen LogP contribution in [0.3, 0.4) is 0 Å². The van der Waals surface area contributed by atoms with Crippen LogP contribution in [0, 0.1) is 0 Å². The van der Waals surface area contributed by atoms with E-state index in [9.17, 15) is 4.79 Å². The highest BCUT2D eigenvalue weighted by Crippen LogP contribution is 2.34. The number of esters is 1. The Hall–Kier alpha value is -1.87. The van der Waals surface area contributed by atoms with Crippen molar-refractivity contribution in [3.63, 3.8) is 0 Å². The van der Waals surface area contributed by atoms with Gasteiger partial charge in [-0.1, -0.05) is 74.0 Å². The second kappa shape index (κ2) is 7.41. The molecule has 0 N–H and O–H groups in total. The zero-order valence-corrected chi connectivity index (χ0v) is 15.6. The van der Waals surface area contributed by atoms with Crippen LogP contribution in [-0.4, -0.2) is 16.2 Å². The molecule has 1 atom stereocenters. The molecule has 0 saturated heterocycles. The summed E-state index contributed by atoms with van der Waals surface area (Å²) in [5.74, 6) is -0.0799. The Kier molecular flexibility index (Phi) is 5.55. The van der Waals surface area contributed by atoms with Crippen molar-refractivity contribution in [2.45, 2.75) is 37.8 Å². The molecule has 0 bridgehead atoms. The van der Waals surface area contributed by atoms with E-state index >= 15 is 0 Å². The topological polar surface area (TPSA) is 26.3 Å². The van der Waals surface area contributed by atoms with Crippen LogP contribution < -0.4 is 0 Å². The van der Waals surface area contributed by atoms with Gasteiger partial charge in [-0.05, 0) is 24.5 Å². The fourth-order valence-electron chi connectivity index (χ4n) is 2.65. The number of carbonyl (C=O) groups is 1. The Bertz CT molecular complexity index is 556. The number of benzene rings is 2. The second-order valence-corrected chi connectivity index (χ2v) is 7.27. The van der Waals surface area contributed by atoms with Gasteiger partial charge < -0.3 is 4.74 Å². The van der Waals surface area contributed by atoms with Crippen molar-refractivity contribution in [3.8, 4) is 0 Å². The number of hydrogen-bond donors (Lipinski definition) is 0. The molecule has 3 heteroatoms. The van der Waals surface area contributed by atoms with E-state index in [1.807, 2.05) is 67.6 Å². The molecule has 2 rings (SSSR count). The molecule has 2 nitrogen and oxygen atoms in total. The normalized spacial score (nSPS) is 12.8. The molecule has 0 aliphatic carbocycles. The monoisotopic (exact) mass is 312 g/mol. The molecule has 0 saturated carbocycles. The predicted molar refractivity (Wildman–Crippen MR) is 94.0 cm³/mol. The number of ether oxygens (including phenoxy) is 1. The minimum absolute atomic E-state index is 0.0525. The van der Waals surface area contributed by atoms with E-state index in [1.54, 1.807) is 0 Å². The molecule has 22 heavy (non-hydrogen) atoms. The standard InChI is InChI=1S/C19H24O2Si/c1-3-10-17(22)18(20)21-19(2,15-11-6-4-7-12-15)16-13-8-5-9-14-16/h4-9,11-14,17H,3,10H2,1-2,22H3. The minimum Gasteiger partial charge on any atom is -0.450 e. The molecule has 0 aliphatic heterocycles. The maximum atomic E-state index is 12.5. The van der Waals surface area contributed by atoms with Gasteiger partial charge in [0.15, 0.2) is 5.60 Å². The Morgan fingerprint density at radius 2 is 1.50 bits per heavy atom. The van der Waals surface area contributed by atoms with Crippen LogP contribution in [0.25, 0.3) is 0 Å². The van der Waals surface area contributed by atoms with Gasteiger partial charge in [0.2, 0.25) is 0 Å². The van der Waals surface area contributed by atoms with E-state index in [0.29, 0.717) is 0 Å². The Balaban J connectivity index is 2.37. The summed E-state index contributed by atoms with van der Waals surface area (Å²) < 4.78 is 6.02. The van der Waals surface area contributed by atoms with Gasteiger partial charge in [0.1, 0.15) is 0 Å². The van der Waals surface area contributed by atoms with Crippen LogP contribution in [0.4, 0.5) is 0 Å². The van der Waals surface area contributed by atoms with Gasteiger partial charge in [0.05, 0.1) is 0 Å². The molecule has 0 radical (unpaired) electrons. The third kappa shape index (κ3) is 3.66. The summed E-state index contributed by atoms with van der Waals surface area (Å²) in [4.78, 5) is 12.5. The fourth-order valence-corrected chi connectivity index (χ4v) is 3.34. The van der Waals surface area contributed by atoms with Crippen molar-refractivity contribution in [2.75, 3.05) is 0 Å². The van der Waals surface area contributed by atoms with Crippen molar-refractivity contribution < 1.29 is 9.53 Å². The van der Waals surface area contributed by atoms with E-state index in [0.717, 1.165) is 34.2 Å². The molecular formula is C19H24O2Si. The van der Waals surface area contributed by atoms with Gasteiger partial charge in [0.25, 0.3) is 0 Å². The highest BCUT2D eigenvalue weighted by atomic mass is 28.1. The fraction of sp³-hybridized carbons (Fsp3) is 0.316. The summed E-state index contributed by atoms with van der Waals surface area (Å²) in [6, 6.07) is 19.9. The quantitative estimate of drug-likeness (QED) is 0.603. The highest BCUT2D eigenvalue weighted by Gasteiger charge is 2.34. The van der Waals surface area contributed by atoms with E-state index in [2.05, 4.69) is 6.92 Å². The van der Waals surface area contributed by atoms with Gasteiger partial charge in [-0.3, -0.25) is 4.79 Å². The molecule has 0 fully saturated rings. The SMILES string of the molecule is CCCC([SiH3])C(=O)OC(C)(c1ccccc1)c1ccccc1. The molecule has 0 amide bonds. The molecule has 0 aliphatic rings. The van der Waals surface area contributed by atoms with Crippen molar-refractivity contribution in [1.82, 2.24) is 0 Å². The Labute approximate surface area is 135 Å². The van der Waals surface area contributed by atoms with Crippen LogP contribution >= 0.6 is 0 Å². The summed E-state index contributed by atoms with van der Waals surface area (Å²) in [5, 5.41) is 0. The van der Waals surface area contributed by atoms with E-state index < -0.39 is 5.60 Å². The largest absolute Gasteiger partial charge is 0.450 e. The summed E-state index contributed by atoms with van der Waals surface area (Å²) in [6.45, 7) is 4.08. The van der Waals surface area contributed by atoms with Crippen LogP contribution in [-0.2, 0) is 15.1 Å². The first-order chi connectivity index (χ1) is 10.6. The molecule has 0 heterocycles. The molecule has 116 valence electrons. The van der Waals surface area contributed by atoms with Crippen molar-refractivity contribution in [2.24, 2.45) is 0 Å². The molecule has 0 spiro atoms. The summed E-state index contributed by atoms with van der Waals surface area (Å²) >= 11 is 0. The van der Waals surface area contributed by atoms with Gasteiger partial charge in [-0.25, -0.2) is 0 Å². The third-order valence-electron chi connectivity index (χ3n) is 4.08. The lowest BCUT2D eigenvalue weighted by Crippen LogP contribution is -2.32. The maximum Gasteiger partial charge on any atom is 0.306 e. The lowest BCUT2D eigenvalue weighted by atomic mass is 9.88. The molecule has 0 aromatic heterocycles. The highest BCUT2D eigenvalue weighted by molar-refractivity contribution is 6.22. The first-order valence-corrected chi connectivity index (χ1v) is 9.07. The Morgan fingerprint density at radius 1 is 1.05 bits per heavy atom. The van der Waals surface area contributed by atoms with Crippen molar-refractivity contribution >= 4 is 16.2 Å². The minimum atomic E-state index is -0.740. The summed E-state index contributed by atoms with van der Waals surface area (Å²) in [7, 11) is 0.826. The van der Waals surface area contributed by atoms with Crippen LogP contribution in [0.2, 0.25) is 5.54 Å². The first kappa shape index (κ1) is 16.5. The summed E-state index contributed by atoms with van der Waals surface area (Å²) in [5.41, 5.74) is 1.31. The first-order valence-electron chi connectivity index (χ1n) is 7.92. The maximum absolute atomic E-state index is 12.5. The second-order valence-electron chi connectivity index (χ2n) is 5.88. The van der Waals surface area contributed by atoms with Gasteiger partial charge >= 0.3 is 5.97 Å². The van der Waals surface area contributed by atoms with E-state index in [1.165, 1.54) is 0 Å². The third-order valence-corrected chi connectivity index (χ3v) is 5.13. The summed E-state index contributed by atoms with van der Waals surface area (Å²) in [6.07, 6.45) is 1.92. The van der Waals surface area contributed by atoms with E-state index in [-0.39, 0.29) is 11.5 Å². The molecule has 2 aromatic rings. The zero-order valence-electron chi connectivity index (χ0n) is 13.6. The average molecular weight is 312 g/mol. The Morgan fingerprint density at radius 3 is 1.91 bits per heavy atom. The smallest absolute Gasteiger partial charge is 0.306 e. The van der Waals surface area contributed by atoms with Crippen molar-refractivity contribution in [3.05, 3.63) is 71.8 Å². The van der Waals surface area contributed by atoms with Crippen LogP contribution in [0.5, 0.6) is 0 Å². The van der Waals surface area contributed by atoms with Crippen LogP contribution in [0.1, 0.15) is 37.8 Å².